The molecule has 0 radical (unpaired) electrons. The third-order valence-electron chi connectivity index (χ3n) is 4.02. The summed E-state index contributed by atoms with van der Waals surface area (Å²) in [5, 5.41) is 9.51. The van der Waals surface area contributed by atoms with Crippen LogP contribution in [0.25, 0.3) is 0 Å². The van der Waals surface area contributed by atoms with Gasteiger partial charge in [0.05, 0.1) is 12.2 Å². The molecule has 0 atom stereocenters. The summed E-state index contributed by atoms with van der Waals surface area (Å²) >= 11 is 0. The Kier molecular flexibility index (Phi) is 4.87. The maximum absolute atomic E-state index is 12.1. The van der Waals surface area contributed by atoms with Gasteiger partial charge in [-0.25, -0.2) is 9.59 Å². The van der Waals surface area contributed by atoms with Gasteiger partial charge in [-0.15, -0.1) is 0 Å². The Balaban J connectivity index is 1.56. The lowest BCUT2D eigenvalue weighted by Crippen LogP contribution is -2.28. The highest BCUT2D eigenvalue weighted by atomic mass is 16.6. The predicted octanol–water partition coefficient (Wildman–Crippen LogP) is 2.82. The zero-order valence-electron chi connectivity index (χ0n) is 14.2. The van der Waals surface area contributed by atoms with E-state index in [4.69, 9.17) is 9.26 Å². The summed E-state index contributed by atoms with van der Waals surface area (Å²) in [5.74, 6) is 0.707. The number of hydrogen-bond acceptors (Lipinski definition) is 5. The van der Waals surface area contributed by atoms with Crippen LogP contribution >= 0.6 is 0 Å². The fourth-order valence-electron chi connectivity index (χ4n) is 2.64. The first kappa shape index (κ1) is 16.8. The number of nitrogens with one attached hydrogen (secondary N) is 2. The molecule has 0 aliphatic carbocycles. The number of anilines is 2. The first-order valence-electron chi connectivity index (χ1n) is 8.11. The van der Waals surface area contributed by atoms with Crippen molar-refractivity contribution >= 4 is 23.5 Å². The number of nitrogens with zero attached hydrogens (tertiary/aromatic N) is 2. The minimum Gasteiger partial charge on any atom is -0.447 e. The zero-order valence-corrected chi connectivity index (χ0v) is 14.2. The second-order valence-electron chi connectivity index (χ2n) is 5.64. The van der Waals surface area contributed by atoms with Gasteiger partial charge in [0, 0.05) is 23.5 Å². The van der Waals surface area contributed by atoms with Crippen molar-refractivity contribution in [2.24, 2.45) is 0 Å². The third-order valence-corrected chi connectivity index (χ3v) is 4.02. The number of carbonyl (C=O) groups excluding carboxylic acids is 2. The lowest BCUT2D eigenvalue weighted by molar-refractivity contribution is 0.181. The van der Waals surface area contributed by atoms with Crippen molar-refractivity contribution in [1.82, 2.24) is 10.5 Å². The lowest BCUT2D eigenvalue weighted by atomic mass is 10.1. The van der Waals surface area contributed by atoms with Gasteiger partial charge in [0.15, 0.2) is 0 Å². The van der Waals surface area contributed by atoms with Crippen LogP contribution in [-0.4, -0.2) is 30.4 Å². The van der Waals surface area contributed by atoms with Gasteiger partial charge in [0.1, 0.15) is 12.4 Å². The highest BCUT2D eigenvalue weighted by Gasteiger charge is 2.23. The molecule has 0 unspecified atom stereocenters. The Bertz CT molecular complexity index is 769. The third kappa shape index (κ3) is 3.73. The van der Waals surface area contributed by atoms with Crippen molar-refractivity contribution in [3.8, 4) is 0 Å². The molecule has 3 rings (SSSR count). The molecule has 2 aromatic rings. The highest BCUT2D eigenvalue weighted by Crippen LogP contribution is 2.21. The first-order chi connectivity index (χ1) is 12.1. The molecule has 0 spiro atoms. The Hall–Kier alpha value is -3.03. The van der Waals surface area contributed by atoms with Crippen LogP contribution in [0.4, 0.5) is 21.0 Å². The largest absolute Gasteiger partial charge is 0.447 e. The molecule has 1 aromatic heterocycles. The van der Waals surface area contributed by atoms with Crippen molar-refractivity contribution in [3.63, 3.8) is 0 Å². The fraction of sp³-hybridized carbons (Fsp3) is 0.353. The summed E-state index contributed by atoms with van der Waals surface area (Å²) in [6.07, 6.45) is 0.394. The van der Waals surface area contributed by atoms with Gasteiger partial charge >= 0.3 is 12.1 Å². The van der Waals surface area contributed by atoms with Crippen molar-refractivity contribution in [2.75, 3.05) is 23.4 Å². The van der Waals surface area contributed by atoms with E-state index < -0.39 is 0 Å². The van der Waals surface area contributed by atoms with Crippen molar-refractivity contribution in [1.29, 1.82) is 0 Å². The second kappa shape index (κ2) is 7.25. The highest BCUT2D eigenvalue weighted by molar-refractivity contribution is 5.91. The quantitative estimate of drug-likeness (QED) is 0.869. The monoisotopic (exact) mass is 344 g/mol. The normalized spacial score (nSPS) is 13.7. The van der Waals surface area contributed by atoms with Gasteiger partial charge < -0.3 is 19.9 Å². The van der Waals surface area contributed by atoms with Crippen LogP contribution in [0.2, 0.25) is 0 Å². The molecule has 1 aliphatic rings. The van der Waals surface area contributed by atoms with Crippen LogP contribution in [0.3, 0.4) is 0 Å². The number of benzene rings is 1. The SMILES string of the molecule is CCc1noc(C)c1CNC(=O)Nc1ccc(N2CCOC2=O)cc1. The number of rotatable bonds is 5. The van der Waals surface area contributed by atoms with E-state index in [1.807, 2.05) is 13.8 Å². The molecule has 2 heterocycles. The molecule has 1 aromatic carbocycles. The van der Waals surface area contributed by atoms with Gasteiger partial charge in [-0.2, -0.15) is 0 Å². The van der Waals surface area contributed by atoms with Crippen LogP contribution < -0.4 is 15.5 Å². The van der Waals surface area contributed by atoms with Crippen molar-refractivity contribution in [2.45, 2.75) is 26.8 Å². The molecular weight excluding hydrogens is 324 g/mol. The molecular formula is C17H20N4O4. The zero-order chi connectivity index (χ0) is 17.8. The Labute approximate surface area is 145 Å². The molecule has 132 valence electrons. The topological polar surface area (TPSA) is 96.7 Å². The molecule has 0 saturated carbocycles. The van der Waals surface area contributed by atoms with E-state index in [1.165, 1.54) is 0 Å². The maximum Gasteiger partial charge on any atom is 0.414 e. The number of amides is 3. The van der Waals surface area contributed by atoms with Gasteiger partial charge in [-0.05, 0) is 37.6 Å². The number of ether oxygens (including phenoxy) is 1. The van der Waals surface area contributed by atoms with E-state index in [0.29, 0.717) is 31.1 Å². The Morgan fingerprint density at radius 3 is 2.72 bits per heavy atom. The smallest absolute Gasteiger partial charge is 0.414 e. The number of cyclic esters (lactones) is 1. The van der Waals surface area contributed by atoms with Crippen LogP contribution in [0.5, 0.6) is 0 Å². The van der Waals surface area contributed by atoms with Crippen LogP contribution in [-0.2, 0) is 17.7 Å². The lowest BCUT2D eigenvalue weighted by Gasteiger charge is -2.13. The van der Waals surface area contributed by atoms with Crippen LogP contribution in [0.15, 0.2) is 28.8 Å². The fourth-order valence-corrected chi connectivity index (χ4v) is 2.64. The second-order valence-corrected chi connectivity index (χ2v) is 5.64. The van der Waals surface area contributed by atoms with Crippen LogP contribution in [0.1, 0.15) is 23.9 Å². The number of aryl methyl sites for hydroxylation is 2. The predicted molar refractivity (Wildman–Crippen MR) is 91.6 cm³/mol. The number of aromatic nitrogens is 1. The average Bonchev–Trinajstić information content (AvgIpc) is 3.19. The van der Waals surface area contributed by atoms with Gasteiger partial charge in [-0.3, -0.25) is 4.90 Å². The number of hydrogen-bond donors (Lipinski definition) is 2. The summed E-state index contributed by atoms with van der Waals surface area (Å²) in [7, 11) is 0. The molecule has 25 heavy (non-hydrogen) atoms. The maximum atomic E-state index is 12.1. The average molecular weight is 344 g/mol. The standard InChI is InChI=1S/C17H20N4O4/c1-3-15-14(11(2)25-20-15)10-18-16(22)19-12-4-6-13(7-5-12)21-8-9-24-17(21)23/h4-7H,3,8-10H2,1-2H3,(H2,18,19,22). The molecule has 8 nitrogen and oxygen atoms in total. The molecule has 0 bridgehead atoms. The summed E-state index contributed by atoms with van der Waals surface area (Å²) in [6, 6.07) is 6.69. The van der Waals surface area contributed by atoms with Crippen LogP contribution in [0, 0.1) is 6.92 Å². The molecule has 8 heteroatoms. The molecule has 3 amide bonds. The Morgan fingerprint density at radius 2 is 2.08 bits per heavy atom. The van der Waals surface area contributed by atoms with E-state index in [9.17, 15) is 9.59 Å². The molecule has 1 aliphatic heterocycles. The summed E-state index contributed by atoms with van der Waals surface area (Å²) < 4.78 is 10.0. The molecule has 2 N–H and O–H groups in total. The van der Waals surface area contributed by atoms with E-state index in [-0.39, 0.29) is 12.1 Å². The van der Waals surface area contributed by atoms with Gasteiger partial charge in [0.2, 0.25) is 0 Å². The minimum absolute atomic E-state index is 0.323. The van der Waals surface area contributed by atoms with Crippen molar-refractivity contribution < 1.29 is 18.8 Å². The summed E-state index contributed by atoms with van der Waals surface area (Å²) in [5.41, 5.74) is 3.12. The first-order valence-corrected chi connectivity index (χ1v) is 8.11. The Morgan fingerprint density at radius 1 is 1.32 bits per heavy atom. The van der Waals surface area contributed by atoms with E-state index in [1.54, 1.807) is 29.2 Å². The van der Waals surface area contributed by atoms with Gasteiger partial charge in [-0.1, -0.05) is 12.1 Å². The number of urea groups is 1. The van der Waals surface area contributed by atoms with Crippen molar-refractivity contribution in [3.05, 3.63) is 41.3 Å². The molecule has 1 saturated heterocycles. The van der Waals surface area contributed by atoms with E-state index >= 15 is 0 Å². The van der Waals surface area contributed by atoms with E-state index in [2.05, 4.69) is 15.8 Å². The minimum atomic E-state index is -0.353. The summed E-state index contributed by atoms with van der Waals surface area (Å²) in [6.45, 7) is 5.08. The summed E-state index contributed by atoms with van der Waals surface area (Å²) in [4.78, 5) is 25.1. The number of carbonyl (C=O) groups is 2. The van der Waals surface area contributed by atoms with Gasteiger partial charge in [0.25, 0.3) is 0 Å². The molecule has 1 fully saturated rings. The van der Waals surface area contributed by atoms with E-state index in [0.717, 1.165) is 23.4 Å².